The second kappa shape index (κ2) is 11.9. The Kier molecular flexibility index (Phi) is 8.23. The van der Waals surface area contributed by atoms with Gasteiger partial charge in [0.2, 0.25) is 0 Å². The Labute approximate surface area is 215 Å². The first-order chi connectivity index (χ1) is 17.5. The Bertz CT molecular complexity index is 1420. The molecule has 0 atom stereocenters. The molecule has 0 fully saturated rings. The molecule has 4 aromatic rings. The SMILES string of the molecule is Cc1ccc(-c2ccc(/C(C#Cc3ccccc3)=C\COc3ccc(OCC(=O)O)c(C)c3)cc2)s1. The van der Waals surface area contributed by atoms with Crippen molar-refractivity contribution in [3.63, 3.8) is 0 Å². The highest BCUT2D eigenvalue weighted by molar-refractivity contribution is 7.15. The first kappa shape index (κ1) is 24.8. The van der Waals surface area contributed by atoms with Crippen LogP contribution in [0.25, 0.3) is 16.0 Å². The van der Waals surface area contributed by atoms with E-state index in [1.807, 2.05) is 49.4 Å². The number of aryl methyl sites for hydroxylation is 2. The Morgan fingerprint density at radius 3 is 2.39 bits per heavy atom. The van der Waals surface area contributed by atoms with E-state index in [-0.39, 0.29) is 6.61 Å². The maximum Gasteiger partial charge on any atom is 0.341 e. The van der Waals surface area contributed by atoms with Gasteiger partial charge >= 0.3 is 5.97 Å². The van der Waals surface area contributed by atoms with Gasteiger partial charge in [-0.25, -0.2) is 4.79 Å². The van der Waals surface area contributed by atoms with Crippen LogP contribution in [0.1, 0.15) is 21.6 Å². The van der Waals surface area contributed by atoms with Gasteiger partial charge in [-0.2, -0.15) is 0 Å². The summed E-state index contributed by atoms with van der Waals surface area (Å²) < 4.78 is 11.2. The Morgan fingerprint density at radius 1 is 0.944 bits per heavy atom. The predicted octanol–water partition coefficient (Wildman–Crippen LogP) is 7.01. The molecule has 4 rings (SSSR count). The van der Waals surface area contributed by atoms with Crippen LogP contribution in [0.5, 0.6) is 11.5 Å². The van der Waals surface area contributed by atoms with Gasteiger partial charge in [-0.15, -0.1) is 11.3 Å². The number of carboxylic acid groups (broad SMARTS) is 1. The first-order valence-corrected chi connectivity index (χ1v) is 12.3. The number of carbonyl (C=O) groups is 1. The van der Waals surface area contributed by atoms with Crippen LogP contribution in [0.15, 0.2) is 91.0 Å². The molecular formula is C31H26O4S. The first-order valence-electron chi connectivity index (χ1n) is 11.5. The van der Waals surface area contributed by atoms with Crippen molar-refractivity contribution in [2.75, 3.05) is 13.2 Å². The summed E-state index contributed by atoms with van der Waals surface area (Å²) in [4.78, 5) is 13.3. The Morgan fingerprint density at radius 2 is 1.72 bits per heavy atom. The van der Waals surface area contributed by atoms with E-state index in [0.29, 0.717) is 18.1 Å². The molecule has 1 N–H and O–H groups in total. The number of hydrogen-bond donors (Lipinski definition) is 1. The minimum atomic E-state index is -1.01. The van der Waals surface area contributed by atoms with Crippen LogP contribution in [-0.4, -0.2) is 24.3 Å². The van der Waals surface area contributed by atoms with Gasteiger partial charge in [0, 0.05) is 20.9 Å². The molecule has 0 radical (unpaired) electrons. The monoisotopic (exact) mass is 494 g/mol. The molecule has 3 aromatic carbocycles. The van der Waals surface area contributed by atoms with Crippen molar-refractivity contribution in [3.05, 3.63) is 113 Å². The summed E-state index contributed by atoms with van der Waals surface area (Å²) in [6, 6.07) is 27.9. The van der Waals surface area contributed by atoms with E-state index in [9.17, 15) is 4.79 Å². The van der Waals surface area contributed by atoms with Crippen molar-refractivity contribution >= 4 is 22.9 Å². The van der Waals surface area contributed by atoms with E-state index in [1.54, 1.807) is 23.5 Å². The zero-order chi connectivity index (χ0) is 25.3. The highest BCUT2D eigenvalue weighted by Gasteiger charge is 2.06. The standard InChI is InChI=1S/C31H26O4S/c1-22-20-28(15-16-29(22)35-21-31(32)33)34-19-18-26(10-9-24-6-4-3-5-7-24)25-11-13-27(14-12-25)30-17-8-23(2)36-30/h3-8,11-18,20H,19,21H2,1-2H3,(H,32,33)/b26-18-. The zero-order valence-electron chi connectivity index (χ0n) is 20.2. The van der Waals surface area contributed by atoms with Crippen LogP contribution < -0.4 is 9.47 Å². The number of aliphatic carboxylic acids is 1. The number of thiophene rings is 1. The van der Waals surface area contributed by atoms with Gasteiger partial charge in [-0.05, 0) is 79.1 Å². The molecule has 180 valence electrons. The molecule has 5 heteroatoms. The van der Waals surface area contributed by atoms with Crippen molar-refractivity contribution in [1.82, 2.24) is 0 Å². The maximum atomic E-state index is 10.7. The molecule has 0 saturated heterocycles. The smallest absolute Gasteiger partial charge is 0.341 e. The Balaban J connectivity index is 1.53. The number of benzene rings is 3. The molecule has 0 spiro atoms. The lowest BCUT2D eigenvalue weighted by molar-refractivity contribution is -0.139. The van der Waals surface area contributed by atoms with Crippen LogP contribution in [0.2, 0.25) is 0 Å². The van der Waals surface area contributed by atoms with E-state index in [1.165, 1.54) is 15.3 Å². The van der Waals surface area contributed by atoms with Crippen molar-refractivity contribution in [2.45, 2.75) is 13.8 Å². The van der Waals surface area contributed by atoms with Gasteiger partial charge in [0.15, 0.2) is 6.61 Å². The summed E-state index contributed by atoms with van der Waals surface area (Å²) in [6.07, 6.45) is 1.98. The van der Waals surface area contributed by atoms with E-state index in [2.05, 4.69) is 55.2 Å². The summed E-state index contributed by atoms with van der Waals surface area (Å²) >= 11 is 1.78. The molecule has 0 unspecified atom stereocenters. The lowest BCUT2D eigenvalue weighted by Gasteiger charge is -2.10. The molecule has 0 aliphatic rings. The van der Waals surface area contributed by atoms with Gasteiger partial charge in [0.25, 0.3) is 0 Å². The third kappa shape index (κ3) is 6.88. The van der Waals surface area contributed by atoms with E-state index < -0.39 is 5.97 Å². The van der Waals surface area contributed by atoms with Gasteiger partial charge in [0.1, 0.15) is 18.1 Å². The molecule has 36 heavy (non-hydrogen) atoms. The predicted molar refractivity (Wildman–Crippen MR) is 146 cm³/mol. The minimum absolute atomic E-state index is 0.333. The third-order valence-corrected chi connectivity index (χ3v) is 6.42. The summed E-state index contributed by atoms with van der Waals surface area (Å²) in [7, 11) is 0. The molecule has 1 aromatic heterocycles. The van der Waals surface area contributed by atoms with Gasteiger partial charge < -0.3 is 14.6 Å². The fraction of sp³-hybridized carbons (Fsp3) is 0.129. The topological polar surface area (TPSA) is 55.8 Å². The zero-order valence-corrected chi connectivity index (χ0v) is 21.0. The number of hydrogen-bond acceptors (Lipinski definition) is 4. The highest BCUT2D eigenvalue weighted by Crippen LogP contribution is 2.29. The molecule has 0 aliphatic heterocycles. The minimum Gasteiger partial charge on any atom is -0.489 e. The fourth-order valence-electron chi connectivity index (χ4n) is 3.54. The molecule has 0 aliphatic carbocycles. The third-order valence-electron chi connectivity index (χ3n) is 5.37. The molecule has 0 amide bonds. The lowest BCUT2D eigenvalue weighted by Crippen LogP contribution is -2.10. The summed E-state index contributed by atoms with van der Waals surface area (Å²) in [5.74, 6) is 6.74. The van der Waals surface area contributed by atoms with Crippen molar-refractivity contribution in [1.29, 1.82) is 0 Å². The molecule has 4 nitrogen and oxygen atoms in total. The van der Waals surface area contributed by atoms with E-state index in [4.69, 9.17) is 14.6 Å². The van der Waals surface area contributed by atoms with Crippen molar-refractivity contribution in [2.24, 2.45) is 0 Å². The second-order valence-corrected chi connectivity index (χ2v) is 9.43. The number of ether oxygens (including phenoxy) is 2. The van der Waals surface area contributed by atoms with Crippen LogP contribution in [0.3, 0.4) is 0 Å². The fourth-order valence-corrected chi connectivity index (χ4v) is 4.41. The van der Waals surface area contributed by atoms with Crippen LogP contribution in [0.4, 0.5) is 0 Å². The van der Waals surface area contributed by atoms with Crippen molar-refractivity contribution in [3.8, 4) is 33.8 Å². The second-order valence-electron chi connectivity index (χ2n) is 8.14. The lowest BCUT2D eigenvalue weighted by atomic mass is 10.0. The van der Waals surface area contributed by atoms with E-state index in [0.717, 1.165) is 22.3 Å². The number of allylic oxidation sites excluding steroid dienone is 1. The largest absolute Gasteiger partial charge is 0.489 e. The van der Waals surface area contributed by atoms with Gasteiger partial charge in [-0.3, -0.25) is 0 Å². The van der Waals surface area contributed by atoms with Gasteiger partial charge in [0.05, 0.1) is 0 Å². The quantitative estimate of drug-likeness (QED) is 0.268. The van der Waals surface area contributed by atoms with Gasteiger partial charge in [-0.1, -0.05) is 54.3 Å². The van der Waals surface area contributed by atoms with E-state index >= 15 is 0 Å². The average Bonchev–Trinajstić information content (AvgIpc) is 3.32. The number of rotatable bonds is 8. The highest BCUT2D eigenvalue weighted by atomic mass is 32.1. The molecule has 1 heterocycles. The molecule has 0 bridgehead atoms. The van der Waals surface area contributed by atoms with Crippen LogP contribution >= 0.6 is 11.3 Å². The average molecular weight is 495 g/mol. The number of carboxylic acids is 1. The molecular weight excluding hydrogens is 468 g/mol. The summed E-state index contributed by atoms with van der Waals surface area (Å²) in [5, 5.41) is 8.81. The normalized spacial score (nSPS) is 10.9. The summed E-state index contributed by atoms with van der Waals surface area (Å²) in [5.41, 5.74) is 4.84. The van der Waals surface area contributed by atoms with Crippen LogP contribution in [0, 0.1) is 25.7 Å². The Hall–Kier alpha value is -4.27. The summed E-state index contributed by atoms with van der Waals surface area (Å²) in [6.45, 7) is 3.92. The maximum absolute atomic E-state index is 10.7. The molecule has 0 saturated carbocycles. The van der Waals surface area contributed by atoms with Crippen LogP contribution in [-0.2, 0) is 4.79 Å². The van der Waals surface area contributed by atoms with Crippen molar-refractivity contribution < 1.29 is 19.4 Å².